The van der Waals surface area contributed by atoms with Gasteiger partial charge < -0.3 is 19.9 Å². The van der Waals surface area contributed by atoms with Crippen LogP contribution in [-0.4, -0.2) is 30.2 Å². The van der Waals surface area contributed by atoms with Gasteiger partial charge in [0, 0.05) is 24.1 Å². The van der Waals surface area contributed by atoms with Crippen molar-refractivity contribution in [1.82, 2.24) is 9.97 Å². The number of fused-ring (bicyclic) bond motifs is 1. The van der Waals surface area contributed by atoms with Gasteiger partial charge in [0.1, 0.15) is 17.6 Å². The second-order valence-corrected chi connectivity index (χ2v) is 5.17. The maximum Gasteiger partial charge on any atom is 0.358 e. The number of esters is 1. The zero-order chi connectivity index (χ0) is 16.4. The van der Waals surface area contributed by atoms with Gasteiger partial charge in [0.15, 0.2) is 5.69 Å². The van der Waals surface area contributed by atoms with Crippen LogP contribution in [-0.2, 0) is 4.74 Å². The standard InChI is InChI=1S/C16H17N3O4/c1-21-9-3-4-10-11(17)6-15(23-14(10)5-9)12-7-19-13(8-18-12)16(20)22-2/h3-5,7-8,11,15H,6,17H2,1-2H3/t11-,15-/m1/s1. The van der Waals surface area contributed by atoms with Gasteiger partial charge in [-0.1, -0.05) is 6.07 Å². The van der Waals surface area contributed by atoms with Gasteiger partial charge in [-0.25, -0.2) is 9.78 Å². The summed E-state index contributed by atoms with van der Waals surface area (Å²) in [5.41, 5.74) is 7.92. The second kappa shape index (κ2) is 6.21. The number of methoxy groups -OCH3 is 2. The van der Waals surface area contributed by atoms with E-state index in [2.05, 4.69) is 14.7 Å². The Bertz CT molecular complexity index is 718. The minimum Gasteiger partial charge on any atom is -0.497 e. The molecule has 0 fully saturated rings. The van der Waals surface area contributed by atoms with Crippen LogP contribution >= 0.6 is 0 Å². The van der Waals surface area contributed by atoms with E-state index in [-0.39, 0.29) is 17.8 Å². The van der Waals surface area contributed by atoms with Crippen LogP contribution in [0.5, 0.6) is 11.5 Å². The van der Waals surface area contributed by atoms with E-state index in [4.69, 9.17) is 15.2 Å². The Hall–Kier alpha value is -2.67. The minimum absolute atomic E-state index is 0.151. The molecule has 1 aliphatic rings. The number of hydrogen-bond donors (Lipinski definition) is 1. The summed E-state index contributed by atoms with van der Waals surface area (Å²) < 4.78 is 15.8. The number of rotatable bonds is 3. The number of hydrogen-bond acceptors (Lipinski definition) is 7. The molecule has 0 aliphatic carbocycles. The molecular formula is C16H17N3O4. The highest BCUT2D eigenvalue weighted by Gasteiger charge is 2.28. The lowest BCUT2D eigenvalue weighted by Gasteiger charge is -2.30. The number of aromatic nitrogens is 2. The Balaban J connectivity index is 1.85. The van der Waals surface area contributed by atoms with Gasteiger partial charge in [0.25, 0.3) is 0 Å². The lowest BCUT2D eigenvalue weighted by atomic mass is 9.96. The van der Waals surface area contributed by atoms with Crippen LogP contribution in [0.15, 0.2) is 30.6 Å². The van der Waals surface area contributed by atoms with Crippen LogP contribution in [0.25, 0.3) is 0 Å². The van der Waals surface area contributed by atoms with Crippen LogP contribution < -0.4 is 15.2 Å². The Morgan fingerprint density at radius 3 is 2.78 bits per heavy atom. The number of nitrogens with zero attached hydrogens (tertiary/aromatic N) is 2. The molecule has 2 atom stereocenters. The third-order valence-electron chi connectivity index (χ3n) is 3.75. The molecule has 2 heterocycles. The van der Waals surface area contributed by atoms with E-state index in [1.807, 2.05) is 12.1 Å². The summed E-state index contributed by atoms with van der Waals surface area (Å²) in [5.74, 6) is 0.844. The first-order valence-electron chi connectivity index (χ1n) is 7.12. The summed E-state index contributed by atoms with van der Waals surface area (Å²) in [5, 5.41) is 0. The molecule has 3 rings (SSSR count). The topological polar surface area (TPSA) is 96.6 Å². The summed E-state index contributed by atoms with van der Waals surface area (Å²) in [4.78, 5) is 19.7. The first kappa shape index (κ1) is 15.2. The van der Waals surface area contributed by atoms with Gasteiger partial charge in [-0.05, 0) is 6.07 Å². The normalized spacial score (nSPS) is 19.4. The summed E-state index contributed by atoms with van der Waals surface area (Å²) in [6, 6.07) is 5.39. The molecule has 1 aromatic heterocycles. The van der Waals surface area contributed by atoms with E-state index in [0.29, 0.717) is 23.6 Å². The number of carbonyl (C=O) groups is 1. The van der Waals surface area contributed by atoms with Crippen LogP contribution in [0, 0.1) is 0 Å². The molecule has 0 radical (unpaired) electrons. The van der Waals surface area contributed by atoms with Gasteiger partial charge in [-0.2, -0.15) is 0 Å². The van der Waals surface area contributed by atoms with Crippen molar-refractivity contribution >= 4 is 5.97 Å². The predicted octanol–water partition coefficient (Wildman–Crippen LogP) is 1.80. The van der Waals surface area contributed by atoms with Crippen molar-refractivity contribution in [1.29, 1.82) is 0 Å². The highest BCUT2D eigenvalue weighted by Crippen LogP contribution is 2.40. The Morgan fingerprint density at radius 2 is 2.13 bits per heavy atom. The molecule has 0 saturated carbocycles. The lowest BCUT2D eigenvalue weighted by molar-refractivity contribution is 0.0593. The second-order valence-electron chi connectivity index (χ2n) is 5.17. The van der Waals surface area contributed by atoms with Crippen molar-refractivity contribution in [3.05, 3.63) is 47.5 Å². The molecule has 0 bridgehead atoms. The minimum atomic E-state index is -0.527. The summed E-state index contributed by atoms with van der Waals surface area (Å²) >= 11 is 0. The Morgan fingerprint density at radius 1 is 1.30 bits per heavy atom. The number of nitrogens with two attached hydrogens (primary N) is 1. The van der Waals surface area contributed by atoms with E-state index in [1.54, 1.807) is 13.2 Å². The molecule has 0 saturated heterocycles. The molecule has 0 spiro atoms. The number of carbonyl (C=O) groups excluding carboxylic acids is 1. The SMILES string of the molecule is COC(=O)c1cnc([C@H]2C[C@@H](N)c3ccc(OC)cc3O2)cn1. The molecule has 0 amide bonds. The molecule has 2 N–H and O–H groups in total. The van der Waals surface area contributed by atoms with Crippen molar-refractivity contribution in [3.8, 4) is 11.5 Å². The van der Waals surface area contributed by atoms with Crippen molar-refractivity contribution in [2.45, 2.75) is 18.6 Å². The average Bonchev–Trinajstić information content (AvgIpc) is 2.60. The molecule has 0 unspecified atom stereocenters. The van der Waals surface area contributed by atoms with Gasteiger partial charge in [0.05, 0.1) is 32.3 Å². The monoisotopic (exact) mass is 315 g/mol. The smallest absolute Gasteiger partial charge is 0.358 e. The summed E-state index contributed by atoms with van der Waals surface area (Å²) in [6.07, 6.45) is 3.13. The van der Waals surface area contributed by atoms with E-state index in [0.717, 1.165) is 5.56 Å². The Labute approximate surface area is 133 Å². The third-order valence-corrected chi connectivity index (χ3v) is 3.75. The maximum atomic E-state index is 11.4. The average molecular weight is 315 g/mol. The maximum absolute atomic E-state index is 11.4. The first-order chi connectivity index (χ1) is 11.1. The number of ether oxygens (including phenoxy) is 3. The van der Waals surface area contributed by atoms with Crippen LogP contribution in [0.1, 0.15) is 40.3 Å². The van der Waals surface area contributed by atoms with Crippen molar-refractivity contribution < 1.29 is 19.0 Å². The molecule has 1 aromatic carbocycles. The molecule has 120 valence electrons. The van der Waals surface area contributed by atoms with E-state index in [9.17, 15) is 4.79 Å². The zero-order valence-corrected chi connectivity index (χ0v) is 12.9. The van der Waals surface area contributed by atoms with E-state index >= 15 is 0 Å². The fourth-order valence-electron chi connectivity index (χ4n) is 2.50. The highest BCUT2D eigenvalue weighted by molar-refractivity contribution is 5.86. The largest absolute Gasteiger partial charge is 0.497 e. The van der Waals surface area contributed by atoms with Crippen LogP contribution in [0.4, 0.5) is 0 Å². The summed E-state index contributed by atoms with van der Waals surface area (Å²) in [6.45, 7) is 0. The molecule has 1 aliphatic heterocycles. The zero-order valence-electron chi connectivity index (χ0n) is 12.9. The Kier molecular flexibility index (Phi) is 4.12. The fraction of sp³-hybridized carbons (Fsp3) is 0.312. The van der Waals surface area contributed by atoms with Gasteiger partial charge >= 0.3 is 5.97 Å². The predicted molar refractivity (Wildman–Crippen MR) is 81.3 cm³/mol. The fourth-order valence-corrected chi connectivity index (χ4v) is 2.50. The van der Waals surface area contributed by atoms with Crippen LogP contribution in [0.3, 0.4) is 0 Å². The highest BCUT2D eigenvalue weighted by atomic mass is 16.5. The molecule has 7 heteroatoms. The first-order valence-corrected chi connectivity index (χ1v) is 7.12. The quantitative estimate of drug-likeness (QED) is 0.862. The molecule has 23 heavy (non-hydrogen) atoms. The molecule has 7 nitrogen and oxygen atoms in total. The van der Waals surface area contributed by atoms with Crippen molar-refractivity contribution in [2.24, 2.45) is 5.73 Å². The van der Waals surface area contributed by atoms with Gasteiger partial charge in [-0.3, -0.25) is 4.98 Å². The molecule has 2 aromatic rings. The molecular weight excluding hydrogens is 298 g/mol. The van der Waals surface area contributed by atoms with E-state index in [1.165, 1.54) is 19.5 Å². The summed E-state index contributed by atoms with van der Waals surface area (Å²) in [7, 11) is 2.89. The van der Waals surface area contributed by atoms with Crippen molar-refractivity contribution in [3.63, 3.8) is 0 Å². The number of benzene rings is 1. The van der Waals surface area contributed by atoms with Gasteiger partial charge in [-0.15, -0.1) is 0 Å². The third kappa shape index (κ3) is 2.95. The van der Waals surface area contributed by atoms with Gasteiger partial charge in [0.2, 0.25) is 0 Å². The van der Waals surface area contributed by atoms with E-state index < -0.39 is 5.97 Å². The van der Waals surface area contributed by atoms with Crippen LogP contribution in [0.2, 0.25) is 0 Å². The lowest BCUT2D eigenvalue weighted by Crippen LogP contribution is -2.25. The van der Waals surface area contributed by atoms with Crippen molar-refractivity contribution in [2.75, 3.05) is 14.2 Å².